The molecule has 2 N–H and O–H groups in total. The second kappa shape index (κ2) is 9.28. The fraction of sp³-hybridized carbons (Fsp3) is 0.190. The van der Waals surface area contributed by atoms with Crippen LogP contribution in [0.15, 0.2) is 54.2 Å². The summed E-state index contributed by atoms with van der Waals surface area (Å²) in [6.07, 6.45) is 1.22. The number of hydrogen-bond acceptors (Lipinski definition) is 7. The number of esters is 1. The minimum Gasteiger partial charge on any atom is -0.462 e. The number of nitriles is 1. The molecule has 2 aromatic carbocycles. The highest BCUT2D eigenvalue weighted by molar-refractivity contribution is 6.00. The molecule has 0 saturated carbocycles. The summed E-state index contributed by atoms with van der Waals surface area (Å²) in [7, 11) is 0. The van der Waals surface area contributed by atoms with Gasteiger partial charge in [0.1, 0.15) is 6.07 Å². The van der Waals surface area contributed by atoms with E-state index in [-0.39, 0.29) is 24.9 Å². The van der Waals surface area contributed by atoms with E-state index < -0.39 is 5.97 Å². The van der Waals surface area contributed by atoms with Crippen molar-refractivity contribution < 1.29 is 23.8 Å². The van der Waals surface area contributed by atoms with Crippen molar-refractivity contribution in [3.05, 3.63) is 65.4 Å². The highest BCUT2D eigenvalue weighted by atomic mass is 16.7. The Morgan fingerprint density at radius 1 is 1.21 bits per heavy atom. The van der Waals surface area contributed by atoms with E-state index in [2.05, 4.69) is 10.6 Å². The Kier molecular flexibility index (Phi) is 6.32. The Balaban J connectivity index is 1.68. The lowest BCUT2D eigenvalue weighted by molar-refractivity contribution is -0.138. The second-order valence-corrected chi connectivity index (χ2v) is 5.95. The molecule has 0 unspecified atom stereocenters. The first kappa shape index (κ1) is 19.8. The predicted molar refractivity (Wildman–Crippen MR) is 104 cm³/mol. The topological polar surface area (TPSA) is 110 Å². The third-order valence-electron chi connectivity index (χ3n) is 4.05. The first-order chi connectivity index (χ1) is 14.1. The molecule has 8 nitrogen and oxygen atoms in total. The molecule has 2 aromatic rings. The van der Waals surface area contributed by atoms with Crippen LogP contribution in [0, 0.1) is 11.3 Å². The normalized spacial score (nSPS) is 12.1. The van der Waals surface area contributed by atoms with Crippen LogP contribution >= 0.6 is 0 Å². The zero-order valence-corrected chi connectivity index (χ0v) is 15.7. The van der Waals surface area contributed by atoms with Crippen LogP contribution in [-0.2, 0) is 16.1 Å². The number of hydrogen-bond donors (Lipinski definition) is 2. The standard InChI is InChI=1S/C21H19N3O5/c1-2-27-21(26)15(10-22)12-23-17-6-4-3-5-16(17)20(25)24-11-14-7-8-18-19(9-14)29-13-28-18/h3-9,12,23H,2,11,13H2,1H3,(H,24,25)/b15-12+. The van der Waals surface area contributed by atoms with E-state index in [1.165, 1.54) is 6.20 Å². The molecule has 0 spiro atoms. The van der Waals surface area contributed by atoms with Crippen LogP contribution in [-0.4, -0.2) is 25.3 Å². The van der Waals surface area contributed by atoms with Gasteiger partial charge in [-0.15, -0.1) is 0 Å². The Morgan fingerprint density at radius 3 is 2.79 bits per heavy atom. The van der Waals surface area contributed by atoms with Crippen molar-refractivity contribution >= 4 is 17.6 Å². The number of anilines is 1. The zero-order chi connectivity index (χ0) is 20.6. The smallest absolute Gasteiger partial charge is 0.350 e. The quantitative estimate of drug-likeness (QED) is 0.423. The van der Waals surface area contributed by atoms with Gasteiger partial charge < -0.3 is 24.8 Å². The lowest BCUT2D eigenvalue weighted by Crippen LogP contribution is -2.23. The number of fused-ring (bicyclic) bond motifs is 1. The fourth-order valence-corrected chi connectivity index (χ4v) is 2.63. The molecule has 0 aliphatic carbocycles. The largest absolute Gasteiger partial charge is 0.462 e. The molecule has 0 aromatic heterocycles. The van der Waals surface area contributed by atoms with E-state index in [4.69, 9.17) is 19.5 Å². The summed E-state index contributed by atoms with van der Waals surface area (Å²) in [5.41, 5.74) is 1.49. The van der Waals surface area contributed by atoms with E-state index in [9.17, 15) is 9.59 Å². The second-order valence-electron chi connectivity index (χ2n) is 5.95. The zero-order valence-electron chi connectivity index (χ0n) is 15.7. The number of ether oxygens (including phenoxy) is 3. The average molecular weight is 393 g/mol. The summed E-state index contributed by atoms with van der Waals surface area (Å²) in [6.45, 7) is 2.30. The first-order valence-electron chi connectivity index (χ1n) is 8.92. The molecule has 0 saturated heterocycles. The molecular formula is C21H19N3O5. The number of nitrogens with one attached hydrogen (secondary N) is 2. The number of nitrogens with zero attached hydrogens (tertiary/aromatic N) is 1. The maximum absolute atomic E-state index is 12.6. The molecule has 3 rings (SSSR count). The van der Waals surface area contributed by atoms with Gasteiger partial charge in [0.05, 0.1) is 17.9 Å². The highest BCUT2D eigenvalue weighted by Crippen LogP contribution is 2.32. The number of benzene rings is 2. The van der Waals surface area contributed by atoms with Crippen molar-refractivity contribution in [2.45, 2.75) is 13.5 Å². The van der Waals surface area contributed by atoms with Crippen LogP contribution in [0.5, 0.6) is 11.5 Å². The van der Waals surface area contributed by atoms with Crippen molar-refractivity contribution in [2.75, 3.05) is 18.7 Å². The summed E-state index contributed by atoms with van der Waals surface area (Å²) >= 11 is 0. The average Bonchev–Trinajstić information content (AvgIpc) is 3.21. The van der Waals surface area contributed by atoms with Gasteiger partial charge in [-0.1, -0.05) is 18.2 Å². The molecule has 0 atom stereocenters. The SMILES string of the molecule is CCOC(=O)/C(C#N)=C/Nc1ccccc1C(=O)NCc1ccc2c(c1)OCO2. The molecule has 29 heavy (non-hydrogen) atoms. The maximum Gasteiger partial charge on any atom is 0.350 e. The summed E-state index contributed by atoms with van der Waals surface area (Å²) in [5.74, 6) is 0.282. The molecule has 0 radical (unpaired) electrons. The number of carbonyl (C=O) groups is 2. The molecule has 148 valence electrons. The number of rotatable bonds is 7. The summed E-state index contributed by atoms with van der Waals surface area (Å²) in [4.78, 5) is 24.3. The van der Waals surface area contributed by atoms with Gasteiger partial charge in [-0.25, -0.2) is 4.79 Å². The van der Waals surface area contributed by atoms with Gasteiger partial charge in [-0.3, -0.25) is 4.79 Å². The molecule has 0 fully saturated rings. The van der Waals surface area contributed by atoms with Gasteiger partial charge >= 0.3 is 5.97 Å². The van der Waals surface area contributed by atoms with E-state index in [1.54, 1.807) is 43.3 Å². The monoisotopic (exact) mass is 393 g/mol. The molecule has 8 heteroatoms. The van der Waals surface area contributed by atoms with Crippen LogP contribution in [0.25, 0.3) is 0 Å². The van der Waals surface area contributed by atoms with Gasteiger partial charge in [0.2, 0.25) is 6.79 Å². The van der Waals surface area contributed by atoms with E-state index in [0.29, 0.717) is 29.3 Å². The van der Waals surface area contributed by atoms with E-state index in [0.717, 1.165) is 5.56 Å². The van der Waals surface area contributed by atoms with Crippen LogP contribution < -0.4 is 20.1 Å². The van der Waals surface area contributed by atoms with Gasteiger partial charge in [0.25, 0.3) is 5.91 Å². The first-order valence-corrected chi connectivity index (χ1v) is 8.92. The van der Waals surface area contributed by atoms with Crippen molar-refractivity contribution in [3.8, 4) is 17.6 Å². The number of carbonyl (C=O) groups excluding carboxylic acids is 2. The van der Waals surface area contributed by atoms with Crippen molar-refractivity contribution in [3.63, 3.8) is 0 Å². The molecule has 0 bridgehead atoms. The lowest BCUT2D eigenvalue weighted by atomic mass is 10.1. The maximum atomic E-state index is 12.6. The van der Waals surface area contributed by atoms with Crippen LogP contribution in [0.1, 0.15) is 22.8 Å². The van der Waals surface area contributed by atoms with E-state index in [1.807, 2.05) is 12.1 Å². The molecule has 1 heterocycles. The van der Waals surface area contributed by atoms with Crippen LogP contribution in [0.3, 0.4) is 0 Å². The Hall–Kier alpha value is -3.99. The third kappa shape index (κ3) is 4.84. The number of amides is 1. The summed E-state index contributed by atoms with van der Waals surface area (Å²) < 4.78 is 15.4. The minimum absolute atomic E-state index is 0.163. The summed E-state index contributed by atoms with van der Waals surface area (Å²) in [6, 6.07) is 14.0. The Bertz CT molecular complexity index is 994. The Labute approximate surface area is 167 Å². The lowest BCUT2D eigenvalue weighted by Gasteiger charge is -2.11. The predicted octanol–water partition coefficient (Wildman–Crippen LogP) is 2.73. The van der Waals surface area contributed by atoms with Crippen molar-refractivity contribution in [1.82, 2.24) is 5.32 Å². The van der Waals surface area contributed by atoms with E-state index >= 15 is 0 Å². The highest BCUT2D eigenvalue weighted by Gasteiger charge is 2.15. The molecule has 1 aliphatic heterocycles. The van der Waals surface area contributed by atoms with Crippen LogP contribution in [0.4, 0.5) is 5.69 Å². The summed E-state index contributed by atoms with van der Waals surface area (Å²) in [5, 5.41) is 14.8. The number of para-hydroxylation sites is 1. The van der Waals surface area contributed by atoms with Gasteiger partial charge in [0, 0.05) is 12.7 Å². The van der Waals surface area contributed by atoms with Crippen LogP contribution in [0.2, 0.25) is 0 Å². The van der Waals surface area contributed by atoms with Gasteiger partial charge in [-0.05, 0) is 36.8 Å². The van der Waals surface area contributed by atoms with Gasteiger partial charge in [0.15, 0.2) is 17.1 Å². The van der Waals surface area contributed by atoms with Crippen molar-refractivity contribution in [2.24, 2.45) is 0 Å². The fourth-order valence-electron chi connectivity index (χ4n) is 2.63. The Morgan fingerprint density at radius 2 is 2.00 bits per heavy atom. The third-order valence-corrected chi connectivity index (χ3v) is 4.05. The van der Waals surface area contributed by atoms with Crippen molar-refractivity contribution in [1.29, 1.82) is 5.26 Å². The van der Waals surface area contributed by atoms with Gasteiger partial charge in [-0.2, -0.15) is 5.26 Å². The molecule has 1 amide bonds. The molecular weight excluding hydrogens is 374 g/mol. The molecule has 1 aliphatic rings. The minimum atomic E-state index is -0.729.